The average molecular weight is 671 g/mol. The molecule has 0 spiro atoms. The van der Waals surface area contributed by atoms with Crippen molar-refractivity contribution >= 4 is 138 Å². The molecule has 6 nitrogen and oxygen atoms in total. The molecule has 0 radical (unpaired) electrons. The van der Waals surface area contributed by atoms with Gasteiger partial charge in [0, 0.05) is 26.8 Å². The molecule has 0 aliphatic carbocycles. The smallest absolute Gasteiger partial charge is 0.199 e. The topological polar surface area (TPSA) is 121 Å². The molecule has 0 fully saturated rings. The van der Waals surface area contributed by atoms with Crippen molar-refractivity contribution in [3.8, 4) is 0 Å². The molecule has 17 heteroatoms. The molecule has 0 saturated heterocycles. The van der Waals surface area contributed by atoms with Gasteiger partial charge in [-0.2, -0.15) is 0 Å². The third-order valence-electron chi connectivity index (χ3n) is 2.90. The first-order chi connectivity index (χ1) is 16.0. The van der Waals surface area contributed by atoms with E-state index in [0.717, 1.165) is 10.2 Å². The van der Waals surface area contributed by atoms with Crippen molar-refractivity contribution < 1.29 is 28.9 Å². The van der Waals surface area contributed by atoms with Crippen LogP contribution in [-0.4, -0.2) is 106 Å². The zero-order valence-corrected chi connectivity index (χ0v) is 26.9. The van der Waals surface area contributed by atoms with Crippen LogP contribution in [0.15, 0.2) is 0 Å². The maximum Gasteiger partial charge on any atom is 0.199 e. The summed E-state index contributed by atoms with van der Waals surface area (Å²) in [6, 6.07) is 0. The standard InChI is InChI=1S/C16H30O6S11/c17-7-25-9-27-11-30-15(19)5-23-2-4-33(22)14-29-12-31-16(20)6-24-1-3-32(21)13-28-10-26-8-18/h17-18H,1-14H2. The fourth-order valence-corrected chi connectivity index (χ4v) is 14.1. The Morgan fingerprint density at radius 1 is 0.606 bits per heavy atom. The van der Waals surface area contributed by atoms with Crippen LogP contribution in [0.2, 0.25) is 0 Å². The summed E-state index contributed by atoms with van der Waals surface area (Å²) in [5.74, 6) is 3.46. The summed E-state index contributed by atoms with van der Waals surface area (Å²) in [5, 5.41) is 21.3. The van der Waals surface area contributed by atoms with Gasteiger partial charge in [0.25, 0.3) is 0 Å². The SMILES string of the molecule is O=C(CSCC[S+]([O-])CSCSC(=O)CSCC[S+]([O-])CSCSCO)SCSCSCO. The number of hydrogen-bond donors (Lipinski definition) is 2. The monoisotopic (exact) mass is 670 g/mol. The predicted molar refractivity (Wildman–Crippen MR) is 167 cm³/mol. The summed E-state index contributed by atoms with van der Waals surface area (Å²) in [4.78, 5) is 23.6. The van der Waals surface area contributed by atoms with Crippen molar-refractivity contribution in [3.63, 3.8) is 0 Å². The van der Waals surface area contributed by atoms with E-state index in [4.69, 9.17) is 10.2 Å². The van der Waals surface area contributed by atoms with Gasteiger partial charge >= 0.3 is 0 Å². The van der Waals surface area contributed by atoms with Gasteiger partial charge in [0.1, 0.15) is 11.5 Å². The molecule has 2 unspecified atom stereocenters. The van der Waals surface area contributed by atoms with Gasteiger partial charge < -0.3 is 19.3 Å². The van der Waals surface area contributed by atoms with E-state index in [9.17, 15) is 18.7 Å². The maximum atomic E-state index is 12.0. The van der Waals surface area contributed by atoms with Gasteiger partial charge in [-0.25, -0.2) is 0 Å². The van der Waals surface area contributed by atoms with Crippen molar-refractivity contribution in [1.29, 1.82) is 0 Å². The highest BCUT2D eigenvalue weighted by Gasteiger charge is 2.11. The highest BCUT2D eigenvalue weighted by molar-refractivity contribution is 8.28. The van der Waals surface area contributed by atoms with Gasteiger partial charge in [-0.15, -0.1) is 58.8 Å². The van der Waals surface area contributed by atoms with Crippen LogP contribution in [0.5, 0.6) is 0 Å². The number of aliphatic hydroxyl groups excluding tert-OH is 2. The molecule has 33 heavy (non-hydrogen) atoms. The first kappa shape index (κ1) is 36.0. The van der Waals surface area contributed by atoms with E-state index in [1.54, 1.807) is 23.5 Å². The average Bonchev–Trinajstić information content (AvgIpc) is 2.80. The highest BCUT2D eigenvalue weighted by Crippen LogP contribution is 2.21. The Morgan fingerprint density at radius 3 is 1.52 bits per heavy atom. The Morgan fingerprint density at radius 2 is 1.03 bits per heavy atom. The normalized spacial score (nSPS) is 13.2. The summed E-state index contributed by atoms with van der Waals surface area (Å²) in [6.07, 6.45) is 0. The summed E-state index contributed by atoms with van der Waals surface area (Å²) in [6.45, 7) is 0. The summed E-state index contributed by atoms with van der Waals surface area (Å²) >= 11 is 11.1. The second-order valence-electron chi connectivity index (χ2n) is 5.41. The molecule has 0 aromatic rings. The Kier molecular flexibility index (Phi) is 30.6. The number of carbonyl (C=O) groups is 2. The Balaban J connectivity index is 3.48. The number of rotatable bonds is 24. The van der Waals surface area contributed by atoms with Gasteiger partial charge in [-0.1, -0.05) is 47.0 Å². The molecular formula is C16H30O6S11. The van der Waals surface area contributed by atoms with Crippen LogP contribution < -0.4 is 0 Å². The van der Waals surface area contributed by atoms with E-state index in [1.165, 1.54) is 82.3 Å². The molecule has 0 aromatic carbocycles. The van der Waals surface area contributed by atoms with E-state index in [2.05, 4.69) is 0 Å². The molecule has 0 aromatic heterocycles. The van der Waals surface area contributed by atoms with E-state index in [0.29, 0.717) is 54.9 Å². The summed E-state index contributed by atoms with van der Waals surface area (Å²) in [7, 11) is 0. The first-order valence-electron chi connectivity index (χ1n) is 9.26. The highest BCUT2D eigenvalue weighted by atomic mass is 32.3. The number of carbonyl (C=O) groups excluding carboxylic acids is 2. The molecule has 0 bridgehead atoms. The van der Waals surface area contributed by atoms with Gasteiger partial charge in [-0.05, 0) is 22.4 Å². The zero-order chi connectivity index (χ0) is 24.6. The molecule has 0 rings (SSSR count). The van der Waals surface area contributed by atoms with Crippen LogP contribution in [0.4, 0.5) is 0 Å². The van der Waals surface area contributed by atoms with Crippen molar-refractivity contribution in [3.05, 3.63) is 0 Å². The van der Waals surface area contributed by atoms with Gasteiger partial charge in [0.15, 0.2) is 20.4 Å². The lowest BCUT2D eigenvalue weighted by atomic mass is 10.9. The molecule has 0 aliphatic heterocycles. The second kappa shape index (κ2) is 28.0. The van der Waals surface area contributed by atoms with E-state index >= 15 is 0 Å². The predicted octanol–water partition coefficient (Wildman–Crippen LogP) is 3.78. The van der Waals surface area contributed by atoms with Crippen LogP contribution in [0.25, 0.3) is 0 Å². The third-order valence-corrected chi connectivity index (χ3v) is 16.7. The number of aliphatic hydroxyl groups is 2. The molecular weight excluding hydrogens is 641 g/mol. The van der Waals surface area contributed by atoms with E-state index in [1.807, 2.05) is 0 Å². The molecule has 196 valence electrons. The van der Waals surface area contributed by atoms with Crippen LogP contribution in [0.1, 0.15) is 0 Å². The Hall–Kier alpha value is 3.03. The number of thioether (sulfide) groups is 9. The van der Waals surface area contributed by atoms with Crippen LogP contribution >= 0.6 is 106 Å². The molecule has 2 N–H and O–H groups in total. The van der Waals surface area contributed by atoms with Crippen molar-refractivity contribution in [2.45, 2.75) is 0 Å². The van der Waals surface area contributed by atoms with Gasteiger partial charge in [0.2, 0.25) is 0 Å². The zero-order valence-electron chi connectivity index (χ0n) is 17.9. The summed E-state index contributed by atoms with van der Waals surface area (Å²) in [5.41, 5.74) is 0. The summed E-state index contributed by atoms with van der Waals surface area (Å²) < 4.78 is 23.8. The van der Waals surface area contributed by atoms with Crippen LogP contribution in [0.3, 0.4) is 0 Å². The minimum atomic E-state index is -0.963. The van der Waals surface area contributed by atoms with Crippen LogP contribution in [-0.2, 0) is 31.9 Å². The molecule has 0 saturated carbocycles. The van der Waals surface area contributed by atoms with Crippen LogP contribution in [0, 0.1) is 0 Å². The Bertz CT molecular complexity index is 480. The van der Waals surface area contributed by atoms with Gasteiger partial charge in [0.05, 0.1) is 28.5 Å². The second-order valence-corrected chi connectivity index (χ2v) is 19.9. The van der Waals surface area contributed by atoms with E-state index in [-0.39, 0.29) is 22.1 Å². The van der Waals surface area contributed by atoms with Crippen molar-refractivity contribution in [2.24, 2.45) is 0 Å². The minimum absolute atomic E-state index is 0.0805. The van der Waals surface area contributed by atoms with Gasteiger partial charge in [-0.3, -0.25) is 9.59 Å². The lowest BCUT2D eigenvalue weighted by Gasteiger charge is -2.10. The Labute approximate surface area is 241 Å². The number of hydrogen-bond acceptors (Lipinski definition) is 15. The fourth-order valence-electron chi connectivity index (χ4n) is 1.51. The fraction of sp³-hybridized carbons (Fsp3) is 0.875. The lowest BCUT2D eigenvalue weighted by molar-refractivity contribution is -0.109. The quantitative estimate of drug-likeness (QED) is 0.0880. The molecule has 0 heterocycles. The molecule has 0 aliphatic rings. The van der Waals surface area contributed by atoms with Crippen molar-refractivity contribution in [2.75, 3.05) is 76.9 Å². The van der Waals surface area contributed by atoms with Crippen molar-refractivity contribution in [1.82, 2.24) is 0 Å². The minimum Gasteiger partial charge on any atom is -0.616 e. The maximum absolute atomic E-state index is 12.0. The lowest BCUT2D eigenvalue weighted by Crippen LogP contribution is -2.12. The molecule has 0 amide bonds. The van der Waals surface area contributed by atoms with E-state index < -0.39 is 22.4 Å². The third kappa shape index (κ3) is 27.9. The first-order valence-corrected chi connectivity index (χ1v) is 22.3. The molecule has 2 atom stereocenters. The largest absolute Gasteiger partial charge is 0.616 e.